The molecule has 4 aliphatic rings. The van der Waals surface area contributed by atoms with Gasteiger partial charge in [-0.1, -0.05) is 18.2 Å². The number of halogens is 2. The van der Waals surface area contributed by atoms with Crippen molar-refractivity contribution in [3.05, 3.63) is 95.0 Å². The Morgan fingerprint density at radius 3 is 2.37 bits per heavy atom. The summed E-state index contributed by atoms with van der Waals surface area (Å²) in [6.45, 7) is 3.99. The van der Waals surface area contributed by atoms with Crippen LogP contribution < -0.4 is 26.4 Å². The second-order valence-corrected chi connectivity index (χ2v) is 16.2. The van der Waals surface area contributed by atoms with Crippen molar-refractivity contribution in [3.8, 4) is 16.9 Å². The summed E-state index contributed by atoms with van der Waals surface area (Å²) < 4.78 is 31.7. The summed E-state index contributed by atoms with van der Waals surface area (Å²) in [5.74, 6) is -1.32. The number of carbonyl (C=O) groups is 3. The molecule has 4 aromatic rings. The number of imide groups is 1. The minimum Gasteiger partial charge on any atom is -0.388 e. The Kier molecular flexibility index (Phi) is 11.7. The summed E-state index contributed by atoms with van der Waals surface area (Å²) in [7, 11) is 0. The van der Waals surface area contributed by atoms with Gasteiger partial charge < -0.3 is 25.5 Å². The molecule has 4 fully saturated rings. The fraction of sp³-hybridized carbons (Fsp3) is 0.442. The van der Waals surface area contributed by atoms with Crippen LogP contribution in [0.3, 0.4) is 0 Å². The van der Waals surface area contributed by atoms with Crippen LogP contribution in [-0.4, -0.2) is 111 Å². The monoisotopic (exact) mass is 809 g/mol. The molecule has 5 heterocycles. The van der Waals surface area contributed by atoms with Crippen LogP contribution in [0.1, 0.15) is 51.4 Å². The maximum Gasteiger partial charge on any atom is 0.255 e. The van der Waals surface area contributed by atoms with Crippen molar-refractivity contribution < 1.29 is 28.3 Å². The van der Waals surface area contributed by atoms with Gasteiger partial charge in [-0.05, 0) is 81.3 Å². The predicted molar refractivity (Wildman–Crippen MR) is 218 cm³/mol. The van der Waals surface area contributed by atoms with E-state index in [1.54, 1.807) is 54.7 Å². The predicted octanol–water partition coefficient (Wildman–Crippen LogP) is 3.94. The molecule has 4 N–H and O–H groups in total. The lowest BCUT2D eigenvalue weighted by Gasteiger charge is -2.44. The van der Waals surface area contributed by atoms with Crippen molar-refractivity contribution in [1.29, 1.82) is 0 Å². The first-order chi connectivity index (χ1) is 28.5. The fourth-order valence-electron chi connectivity index (χ4n) is 8.76. The Hall–Kier alpha value is -5.74. The number of nitrogens with zero attached hydrogens (tertiary/aromatic N) is 6. The number of amides is 3. The second kappa shape index (κ2) is 17.2. The van der Waals surface area contributed by atoms with Gasteiger partial charge in [-0.3, -0.25) is 34.0 Å². The molecule has 3 saturated heterocycles. The first kappa shape index (κ1) is 40.1. The van der Waals surface area contributed by atoms with Gasteiger partial charge in [0.05, 0.1) is 17.5 Å². The second-order valence-electron chi connectivity index (χ2n) is 16.2. The van der Waals surface area contributed by atoms with Gasteiger partial charge in [-0.2, -0.15) is 0 Å². The molecule has 14 nitrogen and oxygen atoms in total. The Bertz CT molecular complexity index is 2250. The number of β-amino-alcohol motifs (C(OH)–C–C–N with tert-alkyl or cyclic N) is 1. The third-order valence-electron chi connectivity index (χ3n) is 12.1. The minimum absolute atomic E-state index is 0.0356. The molecular weight excluding hydrogens is 761 g/mol. The molecular formula is C43H49F2N9O5. The van der Waals surface area contributed by atoms with Gasteiger partial charge in [-0.15, -0.1) is 0 Å². The number of hydrogen-bond donors (Lipinski definition) is 4. The van der Waals surface area contributed by atoms with Gasteiger partial charge in [0.15, 0.2) is 5.82 Å². The van der Waals surface area contributed by atoms with E-state index in [1.807, 2.05) is 9.80 Å². The van der Waals surface area contributed by atoms with E-state index >= 15 is 4.39 Å². The van der Waals surface area contributed by atoms with Crippen molar-refractivity contribution in [2.45, 2.75) is 69.1 Å². The number of pyridine rings is 1. The van der Waals surface area contributed by atoms with Gasteiger partial charge in [0.2, 0.25) is 23.7 Å². The zero-order valence-corrected chi connectivity index (χ0v) is 32.8. The smallest absolute Gasteiger partial charge is 0.255 e. The van der Waals surface area contributed by atoms with E-state index in [1.165, 1.54) is 16.7 Å². The highest BCUT2D eigenvalue weighted by molar-refractivity contribution is 6.01. The van der Waals surface area contributed by atoms with Crippen LogP contribution in [0.15, 0.2) is 77.9 Å². The van der Waals surface area contributed by atoms with Crippen LogP contribution in [0.2, 0.25) is 0 Å². The minimum atomic E-state index is -0.917. The van der Waals surface area contributed by atoms with Gasteiger partial charge in [0.25, 0.3) is 5.56 Å². The van der Waals surface area contributed by atoms with Crippen LogP contribution in [0.5, 0.6) is 0 Å². The summed E-state index contributed by atoms with van der Waals surface area (Å²) in [6.07, 6.45) is 7.28. The SMILES string of the molecule is O=C1CCC(Nc2ccc(N3CCC(O)(CN4CCN(C(=O)[C@H]5CC[C@H](Nc6ncc(F)c(-c7cccc(-n8ccccc8=O)c7)n6)CC5)CC4)CC3)c(F)c2)C(=O)N1. The molecule has 1 aliphatic carbocycles. The van der Waals surface area contributed by atoms with Crippen molar-refractivity contribution in [1.82, 2.24) is 29.7 Å². The molecule has 2 aromatic carbocycles. The fourth-order valence-corrected chi connectivity index (χ4v) is 8.76. The molecule has 310 valence electrons. The number of nitrogens with one attached hydrogen (secondary N) is 3. The molecule has 59 heavy (non-hydrogen) atoms. The Morgan fingerprint density at radius 1 is 0.864 bits per heavy atom. The quantitative estimate of drug-likeness (QED) is 0.172. The molecule has 3 amide bonds. The number of benzene rings is 2. The molecule has 2 aromatic heterocycles. The molecule has 16 heteroatoms. The van der Waals surface area contributed by atoms with E-state index in [2.05, 4.69) is 30.8 Å². The number of aliphatic hydroxyl groups is 1. The third-order valence-corrected chi connectivity index (χ3v) is 12.1. The van der Waals surface area contributed by atoms with E-state index < -0.39 is 29.2 Å². The molecule has 0 spiro atoms. The summed E-state index contributed by atoms with van der Waals surface area (Å²) >= 11 is 0. The van der Waals surface area contributed by atoms with Crippen molar-refractivity contribution >= 4 is 35.0 Å². The first-order valence-corrected chi connectivity index (χ1v) is 20.5. The molecule has 1 atom stereocenters. The van der Waals surface area contributed by atoms with E-state index in [0.29, 0.717) is 106 Å². The van der Waals surface area contributed by atoms with Gasteiger partial charge in [0.1, 0.15) is 17.6 Å². The van der Waals surface area contributed by atoms with Crippen LogP contribution in [0.4, 0.5) is 26.1 Å². The van der Waals surface area contributed by atoms with Crippen LogP contribution >= 0.6 is 0 Å². The lowest BCUT2D eigenvalue weighted by atomic mass is 9.85. The molecule has 1 unspecified atom stereocenters. The van der Waals surface area contributed by atoms with Crippen LogP contribution in [-0.2, 0) is 14.4 Å². The highest BCUT2D eigenvalue weighted by Gasteiger charge is 2.37. The molecule has 0 bridgehead atoms. The van der Waals surface area contributed by atoms with E-state index in [9.17, 15) is 28.7 Å². The zero-order valence-electron chi connectivity index (χ0n) is 32.8. The lowest BCUT2D eigenvalue weighted by Crippen LogP contribution is -2.56. The summed E-state index contributed by atoms with van der Waals surface area (Å²) in [5, 5.41) is 20.2. The number of aromatic nitrogens is 3. The molecule has 8 rings (SSSR count). The normalized spacial score (nSPS) is 22.5. The Labute approximate surface area is 340 Å². The highest BCUT2D eigenvalue weighted by Crippen LogP contribution is 2.32. The average Bonchev–Trinajstić information content (AvgIpc) is 3.23. The molecule has 0 radical (unpaired) electrons. The number of rotatable bonds is 10. The molecule has 3 aliphatic heterocycles. The van der Waals surface area contributed by atoms with Crippen LogP contribution in [0, 0.1) is 17.6 Å². The number of piperidine rings is 2. The van der Waals surface area contributed by atoms with E-state index in [4.69, 9.17) is 0 Å². The van der Waals surface area contributed by atoms with Crippen LogP contribution in [0.25, 0.3) is 16.9 Å². The van der Waals surface area contributed by atoms with E-state index in [-0.39, 0.29) is 41.4 Å². The number of anilines is 3. The topological polar surface area (TPSA) is 165 Å². The van der Waals surface area contributed by atoms with Gasteiger partial charge >= 0.3 is 0 Å². The van der Waals surface area contributed by atoms with Crippen molar-refractivity contribution in [2.24, 2.45) is 5.92 Å². The number of hydrogen-bond acceptors (Lipinski definition) is 11. The number of piperazine rings is 1. The lowest BCUT2D eigenvalue weighted by molar-refractivity contribution is -0.139. The van der Waals surface area contributed by atoms with Gasteiger partial charge in [0, 0.05) is 93.4 Å². The Morgan fingerprint density at radius 2 is 1.64 bits per heavy atom. The van der Waals surface area contributed by atoms with E-state index in [0.717, 1.165) is 19.0 Å². The summed E-state index contributed by atoms with van der Waals surface area (Å²) in [5.41, 5.74) is 1.05. The average molecular weight is 810 g/mol. The highest BCUT2D eigenvalue weighted by atomic mass is 19.1. The van der Waals surface area contributed by atoms with Crippen molar-refractivity contribution in [3.63, 3.8) is 0 Å². The largest absolute Gasteiger partial charge is 0.388 e. The standard InChI is InChI=1S/C43H49F2N9O5/c44-33-25-31(47-35-12-14-37(55)49-40(35)57)11-13-36(33)52-18-15-43(59,16-19-52)27-51-20-22-53(23-21-51)41(58)28-7-9-30(10-8-28)48-42-46-26-34(45)39(50-42)29-4-3-5-32(24-29)54-17-2-1-6-38(54)56/h1-6,11,13,17,24-26,28,30,35,47,59H,7-10,12,14-16,18-23,27H2,(H,46,48,50)(H,49,55,57)/t28-,30-,35?. The third kappa shape index (κ3) is 9.28. The number of carbonyl (C=O) groups excluding carboxylic acids is 3. The first-order valence-electron chi connectivity index (χ1n) is 20.5. The van der Waals surface area contributed by atoms with Gasteiger partial charge in [-0.25, -0.2) is 18.7 Å². The summed E-state index contributed by atoms with van der Waals surface area (Å²) in [4.78, 5) is 64.3. The zero-order chi connectivity index (χ0) is 41.1. The maximum absolute atomic E-state index is 15.2. The summed E-state index contributed by atoms with van der Waals surface area (Å²) in [6, 6.07) is 16.1. The van der Waals surface area contributed by atoms with Crippen molar-refractivity contribution in [2.75, 3.05) is 61.3 Å². The molecule has 1 saturated carbocycles. The maximum atomic E-state index is 15.2. The Balaban J connectivity index is 0.774.